The molecule has 16 heavy (non-hydrogen) atoms. The lowest BCUT2D eigenvalue weighted by Crippen LogP contribution is -2.28. The molecule has 0 aromatic carbocycles. The van der Waals surface area contributed by atoms with E-state index in [0.717, 1.165) is 18.4 Å². The minimum atomic E-state index is 0.900. The molecule has 1 saturated carbocycles. The molecular formula is C14H24N2. The molecule has 0 aliphatic heterocycles. The first-order valence-corrected chi connectivity index (χ1v) is 6.57. The highest BCUT2D eigenvalue weighted by Crippen LogP contribution is 2.28. The molecule has 1 N–H and O–H groups in total. The maximum atomic E-state index is 3.60. The molecule has 0 bridgehead atoms. The van der Waals surface area contributed by atoms with Gasteiger partial charge in [-0.05, 0) is 36.4 Å². The van der Waals surface area contributed by atoms with E-state index in [0.29, 0.717) is 0 Å². The van der Waals surface area contributed by atoms with Crippen LogP contribution in [0, 0.1) is 11.8 Å². The van der Waals surface area contributed by atoms with E-state index in [9.17, 15) is 0 Å². The zero-order chi connectivity index (χ0) is 11.4. The van der Waals surface area contributed by atoms with E-state index < -0.39 is 0 Å². The highest BCUT2D eigenvalue weighted by molar-refractivity contribution is 5.09. The second-order valence-corrected chi connectivity index (χ2v) is 5.34. The van der Waals surface area contributed by atoms with Gasteiger partial charge in [-0.15, -0.1) is 0 Å². The Morgan fingerprint density at radius 2 is 2.19 bits per heavy atom. The Labute approximate surface area is 99.0 Å². The van der Waals surface area contributed by atoms with Crippen LogP contribution in [0.15, 0.2) is 18.5 Å². The molecule has 0 spiro atoms. The van der Waals surface area contributed by atoms with Crippen molar-refractivity contribution in [1.29, 1.82) is 0 Å². The van der Waals surface area contributed by atoms with Gasteiger partial charge in [0.2, 0.25) is 0 Å². The summed E-state index contributed by atoms with van der Waals surface area (Å²) >= 11 is 0. The summed E-state index contributed by atoms with van der Waals surface area (Å²) in [4.78, 5) is 0. The Hall–Kier alpha value is -0.760. The van der Waals surface area contributed by atoms with Gasteiger partial charge in [0.05, 0.1) is 0 Å². The number of hydrogen-bond donors (Lipinski definition) is 1. The molecule has 2 atom stereocenters. The third-order valence-electron chi connectivity index (χ3n) is 3.92. The molecule has 2 unspecified atom stereocenters. The van der Waals surface area contributed by atoms with Gasteiger partial charge in [0.1, 0.15) is 0 Å². The van der Waals surface area contributed by atoms with Crippen LogP contribution in [-0.4, -0.2) is 11.1 Å². The first-order chi connectivity index (χ1) is 7.75. The smallest absolute Gasteiger partial charge is 0.0220 e. The first-order valence-electron chi connectivity index (χ1n) is 6.57. The molecule has 1 aromatic rings. The van der Waals surface area contributed by atoms with Crippen LogP contribution in [0.1, 0.15) is 38.2 Å². The van der Waals surface area contributed by atoms with Gasteiger partial charge in [0.25, 0.3) is 0 Å². The Bertz CT molecular complexity index is 316. The lowest BCUT2D eigenvalue weighted by Gasteiger charge is -2.28. The van der Waals surface area contributed by atoms with E-state index in [-0.39, 0.29) is 0 Å². The number of aryl methyl sites for hydroxylation is 1. The third kappa shape index (κ3) is 3.11. The highest BCUT2D eigenvalue weighted by Gasteiger charge is 2.20. The molecule has 1 aliphatic carbocycles. The molecule has 1 aliphatic rings. The second kappa shape index (κ2) is 5.53. The third-order valence-corrected chi connectivity index (χ3v) is 3.92. The molecule has 0 amide bonds. The monoisotopic (exact) mass is 220 g/mol. The van der Waals surface area contributed by atoms with E-state index in [4.69, 9.17) is 0 Å². The first kappa shape index (κ1) is 11.7. The van der Waals surface area contributed by atoms with Crippen molar-refractivity contribution in [3.05, 3.63) is 24.0 Å². The van der Waals surface area contributed by atoms with Crippen LogP contribution in [0.25, 0.3) is 0 Å². The van der Waals surface area contributed by atoms with Crippen LogP contribution < -0.4 is 5.32 Å². The summed E-state index contributed by atoms with van der Waals surface area (Å²) in [5.41, 5.74) is 1.39. The van der Waals surface area contributed by atoms with Crippen molar-refractivity contribution in [2.75, 3.05) is 6.54 Å². The summed E-state index contributed by atoms with van der Waals surface area (Å²) in [6.45, 7) is 4.62. The Balaban J connectivity index is 1.71. The average molecular weight is 220 g/mol. The maximum absolute atomic E-state index is 3.60. The SMILES string of the molecule is CC1CCCCC1CNCc1ccn(C)c1. The fraction of sp³-hybridized carbons (Fsp3) is 0.714. The standard InChI is InChI=1S/C14H24N2/c1-12-5-3-4-6-14(12)10-15-9-13-7-8-16(2)11-13/h7-8,11-12,14-15H,3-6,9-10H2,1-2H3. The summed E-state index contributed by atoms with van der Waals surface area (Å²) in [6.07, 6.45) is 10.0. The fourth-order valence-corrected chi connectivity index (χ4v) is 2.76. The number of hydrogen-bond acceptors (Lipinski definition) is 1. The summed E-state index contributed by atoms with van der Waals surface area (Å²) < 4.78 is 2.11. The van der Waals surface area contributed by atoms with Crippen molar-refractivity contribution >= 4 is 0 Å². The number of aromatic nitrogens is 1. The Morgan fingerprint density at radius 3 is 2.88 bits per heavy atom. The predicted octanol–water partition coefficient (Wildman–Crippen LogP) is 2.94. The van der Waals surface area contributed by atoms with E-state index in [2.05, 4.69) is 42.3 Å². The van der Waals surface area contributed by atoms with Gasteiger partial charge in [-0.1, -0.05) is 26.2 Å². The van der Waals surface area contributed by atoms with Gasteiger partial charge in [0, 0.05) is 26.0 Å². The van der Waals surface area contributed by atoms with Crippen LogP contribution in [0.5, 0.6) is 0 Å². The molecule has 2 nitrogen and oxygen atoms in total. The largest absolute Gasteiger partial charge is 0.357 e. The lowest BCUT2D eigenvalue weighted by atomic mass is 9.80. The molecular weight excluding hydrogens is 196 g/mol. The van der Waals surface area contributed by atoms with Gasteiger partial charge in [-0.25, -0.2) is 0 Å². The molecule has 1 aromatic heterocycles. The van der Waals surface area contributed by atoms with Crippen molar-refractivity contribution in [2.24, 2.45) is 18.9 Å². The minimum Gasteiger partial charge on any atom is -0.357 e. The maximum Gasteiger partial charge on any atom is 0.0220 e. The molecule has 1 heterocycles. The Morgan fingerprint density at radius 1 is 1.38 bits per heavy atom. The summed E-state index contributed by atoms with van der Waals surface area (Å²) in [5, 5.41) is 3.60. The van der Waals surface area contributed by atoms with Crippen LogP contribution in [-0.2, 0) is 13.6 Å². The molecule has 0 saturated heterocycles. The molecule has 90 valence electrons. The van der Waals surface area contributed by atoms with Crippen molar-refractivity contribution in [3.63, 3.8) is 0 Å². The van der Waals surface area contributed by atoms with Crippen molar-refractivity contribution in [3.8, 4) is 0 Å². The molecule has 1 fully saturated rings. The van der Waals surface area contributed by atoms with Crippen molar-refractivity contribution in [1.82, 2.24) is 9.88 Å². The highest BCUT2D eigenvalue weighted by atomic mass is 14.9. The number of nitrogens with zero attached hydrogens (tertiary/aromatic N) is 1. The van der Waals surface area contributed by atoms with Crippen LogP contribution >= 0.6 is 0 Å². The van der Waals surface area contributed by atoms with Gasteiger partial charge < -0.3 is 9.88 Å². The molecule has 0 radical (unpaired) electrons. The van der Waals surface area contributed by atoms with E-state index in [1.165, 1.54) is 37.8 Å². The van der Waals surface area contributed by atoms with E-state index in [1.807, 2.05) is 0 Å². The predicted molar refractivity (Wildman–Crippen MR) is 68.2 cm³/mol. The normalized spacial score (nSPS) is 25.9. The van der Waals surface area contributed by atoms with E-state index >= 15 is 0 Å². The lowest BCUT2D eigenvalue weighted by molar-refractivity contribution is 0.247. The van der Waals surface area contributed by atoms with Crippen molar-refractivity contribution in [2.45, 2.75) is 39.2 Å². The van der Waals surface area contributed by atoms with Crippen LogP contribution in [0.4, 0.5) is 0 Å². The van der Waals surface area contributed by atoms with Gasteiger partial charge in [0.15, 0.2) is 0 Å². The zero-order valence-electron chi connectivity index (χ0n) is 10.6. The quantitative estimate of drug-likeness (QED) is 0.825. The average Bonchev–Trinajstić information content (AvgIpc) is 2.67. The molecule has 2 rings (SSSR count). The number of nitrogens with one attached hydrogen (secondary N) is 1. The zero-order valence-corrected chi connectivity index (χ0v) is 10.6. The second-order valence-electron chi connectivity index (χ2n) is 5.34. The van der Waals surface area contributed by atoms with E-state index in [1.54, 1.807) is 0 Å². The minimum absolute atomic E-state index is 0.900. The summed E-state index contributed by atoms with van der Waals surface area (Å²) in [6, 6.07) is 2.19. The fourth-order valence-electron chi connectivity index (χ4n) is 2.76. The number of rotatable bonds is 4. The summed E-state index contributed by atoms with van der Waals surface area (Å²) in [5.74, 6) is 1.81. The Kier molecular flexibility index (Phi) is 4.05. The van der Waals surface area contributed by atoms with Gasteiger partial charge in [-0.2, -0.15) is 0 Å². The summed E-state index contributed by atoms with van der Waals surface area (Å²) in [7, 11) is 2.08. The van der Waals surface area contributed by atoms with Crippen LogP contribution in [0.3, 0.4) is 0 Å². The van der Waals surface area contributed by atoms with Gasteiger partial charge in [-0.3, -0.25) is 0 Å². The van der Waals surface area contributed by atoms with Crippen LogP contribution in [0.2, 0.25) is 0 Å². The molecule has 2 heteroatoms. The van der Waals surface area contributed by atoms with Gasteiger partial charge >= 0.3 is 0 Å². The van der Waals surface area contributed by atoms with Crippen molar-refractivity contribution < 1.29 is 0 Å². The topological polar surface area (TPSA) is 17.0 Å².